The van der Waals surface area contributed by atoms with E-state index in [1.807, 2.05) is 0 Å². The number of anilines is 1. The third-order valence-electron chi connectivity index (χ3n) is 4.33. The Morgan fingerprint density at radius 3 is 2.53 bits per heavy atom. The molecule has 0 aliphatic heterocycles. The molecule has 19 heavy (non-hydrogen) atoms. The van der Waals surface area contributed by atoms with Crippen LogP contribution < -0.4 is 10.6 Å². The molecule has 0 aromatic heterocycles. The molecule has 0 saturated heterocycles. The molecular weight excluding hydrogens is 252 g/mol. The average molecular weight is 276 g/mol. The molecule has 1 aromatic rings. The summed E-state index contributed by atoms with van der Waals surface area (Å²) in [7, 11) is 0. The Labute approximate surface area is 122 Å². The highest BCUT2D eigenvalue weighted by Crippen LogP contribution is 2.29. The van der Waals surface area contributed by atoms with Crippen LogP contribution in [0.3, 0.4) is 0 Å². The summed E-state index contributed by atoms with van der Waals surface area (Å²) in [5.74, 6) is 1.47. The molecule has 104 valence electrons. The fraction of sp³-hybridized carbons (Fsp3) is 0.562. The van der Waals surface area contributed by atoms with Gasteiger partial charge in [0.15, 0.2) is 5.11 Å². The normalized spacial score (nSPS) is 26.8. The quantitative estimate of drug-likeness (QED) is 0.795. The van der Waals surface area contributed by atoms with Crippen LogP contribution in [0.4, 0.5) is 5.69 Å². The molecule has 2 N–H and O–H groups in total. The molecule has 0 radical (unpaired) electrons. The molecule has 1 saturated carbocycles. The molecule has 3 unspecified atom stereocenters. The SMILES string of the molecule is Cc1ccc(NC(=S)NC2CCCC(C)C2C)cc1. The maximum absolute atomic E-state index is 5.42. The zero-order chi connectivity index (χ0) is 13.8. The topological polar surface area (TPSA) is 24.1 Å². The van der Waals surface area contributed by atoms with E-state index in [1.54, 1.807) is 0 Å². The van der Waals surface area contributed by atoms with Crippen molar-refractivity contribution in [3.05, 3.63) is 29.8 Å². The Morgan fingerprint density at radius 2 is 1.84 bits per heavy atom. The van der Waals surface area contributed by atoms with Gasteiger partial charge in [0.1, 0.15) is 0 Å². The highest BCUT2D eigenvalue weighted by molar-refractivity contribution is 7.80. The van der Waals surface area contributed by atoms with Gasteiger partial charge in [-0.05, 0) is 49.5 Å². The van der Waals surface area contributed by atoms with Gasteiger partial charge in [-0.15, -0.1) is 0 Å². The first kappa shape index (κ1) is 14.3. The Bertz CT molecular complexity index is 427. The van der Waals surface area contributed by atoms with E-state index in [4.69, 9.17) is 12.2 Å². The smallest absolute Gasteiger partial charge is 0.171 e. The molecule has 1 aliphatic carbocycles. The summed E-state index contributed by atoms with van der Waals surface area (Å²) in [5.41, 5.74) is 2.32. The number of nitrogens with one attached hydrogen (secondary N) is 2. The second-order valence-electron chi connectivity index (χ2n) is 5.84. The number of rotatable bonds is 2. The van der Waals surface area contributed by atoms with Gasteiger partial charge in [-0.2, -0.15) is 0 Å². The van der Waals surface area contributed by atoms with E-state index in [2.05, 4.69) is 55.7 Å². The van der Waals surface area contributed by atoms with E-state index >= 15 is 0 Å². The molecular formula is C16H24N2S. The summed E-state index contributed by atoms with van der Waals surface area (Å²) >= 11 is 5.42. The van der Waals surface area contributed by atoms with E-state index in [-0.39, 0.29) is 0 Å². The fourth-order valence-electron chi connectivity index (χ4n) is 2.76. The van der Waals surface area contributed by atoms with Gasteiger partial charge in [-0.25, -0.2) is 0 Å². The van der Waals surface area contributed by atoms with Gasteiger partial charge in [0, 0.05) is 11.7 Å². The number of benzene rings is 1. The summed E-state index contributed by atoms with van der Waals surface area (Å²) < 4.78 is 0. The number of thiocarbonyl (C=S) groups is 1. The molecule has 0 bridgehead atoms. The van der Waals surface area contributed by atoms with Crippen molar-refractivity contribution >= 4 is 23.0 Å². The fourth-order valence-corrected chi connectivity index (χ4v) is 3.03. The third-order valence-corrected chi connectivity index (χ3v) is 4.55. The van der Waals surface area contributed by atoms with Gasteiger partial charge < -0.3 is 10.6 Å². The van der Waals surface area contributed by atoms with Crippen molar-refractivity contribution in [2.24, 2.45) is 11.8 Å². The molecule has 1 fully saturated rings. The summed E-state index contributed by atoms with van der Waals surface area (Å²) in [6.45, 7) is 6.76. The average Bonchev–Trinajstić information content (AvgIpc) is 2.38. The molecule has 2 nitrogen and oxygen atoms in total. The monoisotopic (exact) mass is 276 g/mol. The summed E-state index contributed by atoms with van der Waals surface area (Å²) in [6, 6.07) is 8.83. The molecule has 0 amide bonds. The second-order valence-corrected chi connectivity index (χ2v) is 6.25. The van der Waals surface area contributed by atoms with Crippen LogP contribution in [0.5, 0.6) is 0 Å². The number of hydrogen-bond donors (Lipinski definition) is 2. The van der Waals surface area contributed by atoms with E-state index in [0.717, 1.165) is 16.7 Å². The van der Waals surface area contributed by atoms with Crippen LogP contribution in [-0.4, -0.2) is 11.2 Å². The van der Waals surface area contributed by atoms with Crippen molar-refractivity contribution in [3.63, 3.8) is 0 Å². The minimum Gasteiger partial charge on any atom is -0.359 e. The Kier molecular flexibility index (Phi) is 4.81. The number of hydrogen-bond acceptors (Lipinski definition) is 1. The van der Waals surface area contributed by atoms with E-state index < -0.39 is 0 Å². The first-order chi connectivity index (χ1) is 9.06. The van der Waals surface area contributed by atoms with Gasteiger partial charge in [0.25, 0.3) is 0 Å². The lowest BCUT2D eigenvalue weighted by atomic mass is 9.78. The van der Waals surface area contributed by atoms with Crippen molar-refractivity contribution in [3.8, 4) is 0 Å². The highest BCUT2D eigenvalue weighted by Gasteiger charge is 2.27. The van der Waals surface area contributed by atoms with Crippen LogP contribution in [0.15, 0.2) is 24.3 Å². The zero-order valence-electron chi connectivity index (χ0n) is 12.1. The lowest BCUT2D eigenvalue weighted by molar-refractivity contribution is 0.225. The Morgan fingerprint density at radius 1 is 1.16 bits per heavy atom. The lowest BCUT2D eigenvalue weighted by Crippen LogP contribution is -2.45. The largest absolute Gasteiger partial charge is 0.359 e. The van der Waals surface area contributed by atoms with Crippen molar-refractivity contribution < 1.29 is 0 Å². The van der Waals surface area contributed by atoms with Gasteiger partial charge >= 0.3 is 0 Å². The summed E-state index contributed by atoms with van der Waals surface area (Å²) in [5, 5.41) is 7.50. The van der Waals surface area contributed by atoms with Crippen LogP contribution in [0.1, 0.15) is 38.7 Å². The molecule has 3 heteroatoms. The minimum absolute atomic E-state index is 0.509. The lowest BCUT2D eigenvalue weighted by Gasteiger charge is -2.35. The minimum atomic E-state index is 0.509. The Hall–Kier alpha value is -1.09. The highest BCUT2D eigenvalue weighted by atomic mass is 32.1. The van der Waals surface area contributed by atoms with Crippen LogP contribution in [0.25, 0.3) is 0 Å². The maximum atomic E-state index is 5.42. The first-order valence-electron chi connectivity index (χ1n) is 7.20. The maximum Gasteiger partial charge on any atom is 0.171 e. The summed E-state index contributed by atoms with van der Waals surface area (Å²) in [4.78, 5) is 0. The molecule has 0 heterocycles. The van der Waals surface area contributed by atoms with E-state index in [1.165, 1.54) is 24.8 Å². The van der Waals surface area contributed by atoms with Gasteiger partial charge in [-0.3, -0.25) is 0 Å². The summed E-state index contributed by atoms with van der Waals surface area (Å²) in [6.07, 6.45) is 3.87. The predicted octanol–water partition coefficient (Wildman–Crippen LogP) is 4.11. The third kappa shape index (κ3) is 3.93. The van der Waals surface area contributed by atoms with Gasteiger partial charge in [0.2, 0.25) is 0 Å². The van der Waals surface area contributed by atoms with Crippen LogP contribution in [-0.2, 0) is 0 Å². The van der Waals surface area contributed by atoms with Gasteiger partial charge in [0.05, 0.1) is 0 Å². The first-order valence-corrected chi connectivity index (χ1v) is 7.61. The molecule has 1 aliphatic rings. The Balaban J connectivity index is 1.88. The van der Waals surface area contributed by atoms with Crippen molar-refractivity contribution in [1.82, 2.24) is 5.32 Å². The van der Waals surface area contributed by atoms with Crippen molar-refractivity contribution in [2.45, 2.75) is 46.1 Å². The van der Waals surface area contributed by atoms with Crippen LogP contribution >= 0.6 is 12.2 Å². The second kappa shape index (κ2) is 6.38. The zero-order valence-corrected chi connectivity index (χ0v) is 12.9. The number of aryl methyl sites for hydroxylation is 1. The molecule has 3 atom stereocenters. The van der Waals surface area contributed by atoms with Crippen LogP contribution in [0, 0.1) is 18.8 Å². The van der Waals surface area contributed by atoms with Gasteiger partial charge in [-0.1, -0.05) is 44.4 Å². The standard InChI is InChI=1S/C16H24N2S/c1-11-7-9-14(10-8-11)17-16(19)18-15-6-4-5-12(2)13(15)3/h7-10,12-13,15H,4-6H2,1-3H3,(H2,17,18,19). The predicted molar refractivity (Wildman–Crippen MR) is 86.5 cm³/mol. The molecule has 0 spiro atoms. The van der Waals surface area contributed by atoms with Crippen molar-refractivity contribution in [2.75, 3.05) is 5.32 Å². The van der Waals surface area contributed by atoms with Crippen molar-refractivity contribution in [1.29, 1.82) is 0 Å². The van der Waals surface area contributed by atoms with Crippen LogP contribution in [0.2, 0.25) is 0 Å². The van der Waals surface area contributed by atoms with E-state index in [0.29, 0.717) is 12.0 Å². The van der Waals surface area contributed by atoms with E-state index in [9.17, 15) is 0 Å². The molecule has 1 aromatic carbocycles. The molecule has 2 rings (SSSR count).